The smallest absolute Gasteiger partial charge is 0.275 e. The molecule has 0 unspecified atom stereocenters. The van der Waals surface area contributed by atoms with Gasteiger partial charge in [-0.2, -0.15) is 10.4 Å². The van der Waals surface area contributed by atoms with Gasteiger partial charge in [-0.25, -0.2) is 5.43 Å². The summed E-state index contributed by atoms with van der Waals surface area (Å²) < 4.78 is 12.7. The van der Waals surface area contributed by atoms with Gasteiger partial charge in [0.15, 0.2) is 0 Å². The molecule has 0 saturated heterocycles. The minimum atomic E-state index is -0.552. The van der Waals surface area contributed by atoms with Crippen molar-refractivity contribution >= 4 is 12.1 Å². The van der Waals surface area contributed by atoms with Crippen LogP contribution in [0.3, 0.4) is 0 Å². The fourth-order valence-corrected chi connectivity index (χ4v) is 3.18. The third-order valence-corrected chi connectivity index (χ3v) is 4.97. The van der Waals surface area contributed by atoms with E-state index in [-0.39, 0.29) is 11.3 Å². The van der Waals surface area contributed by atoms with Crippen LogP contribution >= 0.6 is 0 Å². The molecule has 1 aromatic carbocycles. The molecular formula is C22H22N4O4. The van der Waals surface area contributed by atoms with Crippen LogP contribution in [-0.2, 0) is 0 Å². The van der Waals surface area contributed by atoms with Gasteiger partial charge in [0, 0.05) is 28.6 Å². The molecule has 2 N–H and O–H groups in total. The van der Waals surface area contributed by atoms with E-state index in [2.05, 4.69) is 16.6 Å². The number of hydrogen-bond donors (Lipinski definition) is 2. The summed E-state index contributed by atoms with van der Waals surface area (Å²) in [4.78, 5) is 12.3. The molecule has 1 amide bonds. The summed E-state index contributed by atoms with van der Waals surface area (Å²) in [6.07, 6.45) is 1.51. The van der Waals surface area contributed by atoms with Crippen molar-refractivity contribution in [2.75, 3.05) is 7.11 Å². The van der Waals surface area contributed by atoms with Gasteiger partial charge in [-0.1, -0.05) is 0 Å². The molecule has 2 aromatic heterocycles. The summed E-state index contributed by atoms with van der Waals surface area (Å²) in [6.45, 7) is 7.44. The standard InChI is InChI=1S/C22H22N4O4/c1-12-8-16(14(3)26(12)22-19(10-23)13(2)15(4)30-22)11-24-25-21(28)18-7-6-17(29-5)9-20(18)27/h6-9,11,27H,1-5H3,(H,25,28)/b24-11-. The Morgan fingerprint density at radius 1 is 1.30 bits per heavy atom. The number of rotatable bonds is 5. The van der Waals surface area contributed by atoms with Crippen LogP contribution in [0, 0.1) is 39.0 Å². The third-order valence-electron chi connectivity index (χ3n) is 4.97. The maximum Gasteiger partial charge on any atom is 0.275 e. The average Bonchev–Trinajstić information content (AvgIpc) is 3.15. The van der Waals surface area contributed by atoms with E-state index in [1.807, 2.05) is 38.3 Å². The van der Waals surface area contributed by atoms with E-state index in [1.165, 1.54) is 25.5 Å². The van der Waals surface area contributed by atoms with Crippen molar-refractivity contribution < 1.29 is 19.1 Å². The van der Waals surface area contributed by atoms with Crippen LogP contribution in [0.5, 0.6) is 11.5 Å². The van der Waals surface area contributed by atoms with Crippen LogP contribution in [0.1, 0.15) is 44.2 Å². The highest BCUT2D eigenvalue weighted by Crippen LogP contribution is 2.28. The number of methoxy groups -OCH3 is 1. The van der Waals surface area contributed by atoms with Crippen LogP contribution in [0.25, 0.3) is 5.88 Å². The van der Waals surface area contributed by atoms with Crippen molar-refractivity contribution in [2.45, 2.75) is 27.7 Å². The molecule has 8 heteroatoms. The first-order valence-corrected chi connectivity index (χ1v) is 9.18. The number of phenolic OH excluding ortho intramolecular Hbond substituents is 1. The third kappa shape index (κ3) is 3.65. The summed E-state index contributed by atoms with van der Waals surface area (Å²) in [5, 5.41) is 23.5. The first-order chi connectivity index (χ1) is 14.3. The molecule has 0 saturated carbocycles. The molecule has 0 bridgehead atoms. The molecular weight excluding hydrogens is 384 g/mol. The number of hydrazone groups is 1. The lowest BCUT2D eigenvalue weighted by Crippen LogP contribution is -2.17. The molecule has 0 radical (unpaired) electrons. The lowest BCUT2D eigenvalue weighted by atomic mass is 10.2. The second-order valence-electron chi connectivity index (χ2n) is 6.82. The molecule has 30 heavy (non-hydrogen) atoms. The fraction of sp³-hybridized carbons (Fsp3) is 0.227. The Hall–Kier alpha value is -3.99. The van der Waals surface area contributed by atoms with Gasteiger partial charge in [-0.15, -0.1) is 0 Å². The van der Waals surface area contributed by atoms with Gasteiger partial charge in [-0.3, -0.25) is 9.36 Å². The highest BCUT2D eigenvalue weighted by molar-refractivity contribution is 5.97. The average molecular weight is 406 g/mol. The Morgan fingerprint density at radius 2 is 2.03 bits per heavy atom. The van der Waals surface area contributed by atoms with E-state index in [9.17, 15) is 15.2 Å². The number of hydrogen-bond acceptors (Lipinski definition) is 6. The molecule has 0 fully saturated rings. The number of nitriles is 1. The van der Waals surface area contributed by atoms with Gasteiger partial charge in [-0.05, 0) is 45.9 Å². The highest BCUT2D eigenvalue weighted by Gasteiger charge is 2.20. The molecule has 0 aliphatic heterocycles. The van der Waals surface area contributed by atoms with E-state index >= 15 is 0 Å². The Labute approximate surface area is 174 Å². The SMILES string of the molecule is COc1ccc(C(=O)N/N=C\c2cc(C)n(-c3oc(C)c(C)c3C#N)c2C)c(O)c1. The van der Waals surface area contributed by atoms with Crippen molar-refractivity contribution in [3.8, 4) is 23.5 Å². The Kier molecular flexibility index (Phi) is 5.65. The summed E-state index contributed by atoms with van der Waals surface area (Å²) in [6, 6.07) is 8.46. The molecule has 0 atom stereocenters. The number of ether oxygens (including phenoxy) is 1. The predicted octanol–water partition coefficient (Wildman–Crippen LogP) is 3.65. The molecule has 0 aliphatic rings. The van der Waals surface area contributed by atoms with Crippen molar-refractivity contribution in [1.82, 2.24) is 9.99 Å². The number of furan rings is 1. The summed E-state index contributed by atoms with van der Waals surface area (Å²) in [5.74, 6) is 0.849. The van der Waals surface area contributed by atoms with Crippen molar-refractivity contribution in [2.24, 2.45) is 5.10 Å². The van der Waals surface area contributed by atoms with Gasteiger partial charge in [0.2, 0.25) is 5.88 Å². The summed E-state index contributed by atoms with van der Waals surface area (Å²) >= 11 is 0. The normalized spacial score (nSPS) is 10.9. The minimum Gasteiger partial charge on any atom is -0.507 e. The first kappa shape index (κ1) is 20.7. The van der Waals surface area contributed by atoms with Crippen LogP contribution in [0.2, 0.25) is 0 Å². The Morgan fingerprint density at radius 3 is 2.67 bits per heavy atom. The van der Waals surface area contributed by atoms with E-state index in [0.717, 1.165) is 22.5 Å². The topological polar surface area (TPSA) is 113 Å². The van der Waals surface area contributed by atoms with Crippen LogP contribution in [0.15, 0.2) is 33.8 Å². The maximum absolute atomic E-state index is 12.3. The zero-order valence-electron chi connectivity index (χ0n) is 17.4. The van der Waals surface area contributed by atoms with E-state index in [4.69, 9.17) is 9.15 Å². The summed E-state index contributed by atoms with van der Waals surface area (Å²) in [5.41, 5.74) is 6.20. The van der Waals surface area contributed by atoms with Crippen LogP contribution in [-0.4, -0.2) is 28.9 Å². The Bertz CT molecular complexity index is 1190. The number of nitrogens with zero attached hydrogens (tertiary/aromatic N) is 3. The van der Waals surface area contributed by atoms with E-state index in [0.29, 0.717) is 23.0 Å². The lowest BCUT2D eigenvalue weighted by molar-refractivity contribution is 0.0952. The fourth-order valence-electron chi connectivity index (χ4n) is 3.18. The van der Waals surface area contributed by atoms with Crippen molar-refractivity contribution in [1.29, 1.82) is 5.26 Å². The zero-order valence-corrected chi connectivity index (χ0v) is 17.4. The number of benzene rings is 1. The second kappa shape index (κ2) is 8.17. The minimum absolute atomic E-state index is 0.0821. The second-order valence-corrected chi connectivity index (χ2v) is 6.82. The number of aromatic hydroxyl groups is 1. The maximum atomic E-state index is 12.3. The number of amides is 1. The van der Waals surface area contributed by atoms with E-state index < -0.39 is 5.91 Å². The van der Waals surface area contributed by atoms with Gasteiger partial charge in [0.25, 0.3) is 5.91 Å². The highest BCUT2D eigenvalue weighted by atomic mass is 16.5. The summed E-state index contributed by atoms with van der Waals surface area (Å²) in [7, 11) is 1.47. The quantitative estimate of drug-likeness (QED) is 0.496. The number of aryl methyl sites for hydroxylation is 2. The number of carbonyl (C=O) groups is 1. The van der Waals surface area contributed by atoms with Crippen molar-refractivity contribution in [3.05, 3.63) is 63.7 Å². The van der Waals surface area contributed by atoms with Gasteiger partial charge in [0.05, 0.1) is 18.9 Å². The molecule has 8 nitrogen and oxygen atoms in total. The van der Waals surface area contributed by atoms with Crippen molar-refractivity contribution in [3.63, 3.8) is 0 Å². The molecule has 154 valence electrons. The molecule has 3 aromatic rings. The lowest BCUT2D eigenvalue weighted by Gasteiger charge is -2.06. The molecule has 0 spiro atoms. The number of phenols is 1. The predicted molar refractivity (Wildman–Crippen MR) is 111 cm³/mol. The number of nitrogens with one attached hydrogen (secondary N) is 1. The molecule has 2 heterocycles. The Balaban J connectivity index is 1.85. The zero-order chi connectivity index (χ0) is 22.0. The number of aromatic nitrogens is 1. The molecule has 0 aliphatic carbocycles. The first-order valence-electron chi connectivity index (χ1n) is 9.18. The van der Waals surface area contributed by atoms with Gasteiger partial charge >= 0.3 is 0 Å². The molecule has 3 rings (SSSR count). The van der Waals surface area contributed by atoms with Crippen LogP contribution in [0.4, 0.5) is 0 Å². The monoisotopic (exact) mass is 406 g/mol. The largest absolute Gasteiger partial charge is 0.507 e. The van der Waals surface area contributed by atoms with Gasteiger partial charge in [0.1, 0.15) is 28.9 Å². The van der Waals surface area contributed by atoms with Gasteiger partial charge < -0.3 is 14.3 Å². The number of carbonyl (C=O) groups excluding carboxylic acids is 1. The van der Waals surface area contributed by atoms with Crippen LogP contribution < -0.4 is 10.2 Å². The van der Waals surface area contributed by atoms with E-state index in [1.54, 1.807) is 6.07 Å².